The van der Waals surface area contributed by atoms with Gasteiger partial charge in [0.15, 0.2) is 23.9 Å². The highest BCUT2D eigenvalue weighted by Crippen LogP contribution is 2.26. The fourth-order valence-corrected chi connectivity index (χ4v) is 5.09. The Balaban J connectivity index is 1.51. The van der Waals surface area contributed by atoms with Gasteiger partial charge in [0.25, 0.3) is 5.91 Å². The van der Waals surface area contributed by atoms with Gasteiger partial charge in [0.1, 0.15) is 10.6 Å². The van der Waals surface area contributed by atoms with E-state index in [0.717, 1.165) is 0 Å². The van der Waals surface area contributed by atoms with Crippen molar-refractivity contribution >= 4 is 15.9 Å². The zero-order valence-corrected chi connectivity index (χ0v) is 18.2. The molecule has 10 heteroatoms. The number of piperidine rings is 1. The maximum absolute atomic E-state index is 12.6. The first kappa shape index (κ1) is 22.1. The van der Waals surface area contributed by atoms with E-state index in [1.807, 2.05) is 19.1 Å². The fourth-order valence-electron chi connectivity index (χ4n) is 3.46. The third-order valence-corrected chi connectivity index (χ3v) is 6.67. The number of para-hydroxylation sites is 2. The van der Waals surface area contributed by atoms with Gasteiger partial charge in [-0.15, -0.1) is 0 Å². The minimum Gasteiger partial charge on any atom is -0.490 e. The maximum Gasteiger partial charge on any atom is 0.260 e. The predicted octanol–water partition coefficient (Wildman–Crippen LogP) is 2.04. The molecule has 2 heterocycles. The number of ether oxygens (including phenoxy) is 2. The van der Waals surface area contributed by atoms with E-state index >= 15 is 0 Å². The Morgan fingerprint density at radius 3 is 2.40 bits per heavy atom. The first-order chi connectivity index (χ1) is 14.3. The van der Waals surface area contributed by atoms with E-state index in [1.54, 1.807) is 30.9 Å². The average molecular weight is 438 g/mol. The number of benzene rings is 1. The molecule has 1 saturated heterocycles. The molecule has 164 valence electrons. The lowest BCUT2D eigenvalue weighted by atomic mass is 10.1. The topological polar surface area (TPSA) is 111 Å². The number of hydrogen-bond acceptors (Lipinski definition) is 7. The summed E-state index contributed by atoms with van der Waals surface area (Å²) in [5, 5.41) is 3.70. The zero-order chi connectivity index (χ0) is 21.7. The number of nitrogens with zero attached hydrogens (tertiary/aromatic N) is 2. The van der Waals surface area contributed by atoms with Gasteiger partial charge in [0.2, 0.25) is 10.0 Å². The number of sulfonamides is 1. The molecule has 1 amide bonds. The minimum atomic E-state index is -3.72. The van der Waals surface area contributed by atoms with E-state index in [2.05, 4.69) is 9.88 Å². The van der Waals surface area contributed by atoms with Gasteiger partial charge in [-0.2, -0.15) is 0 Å². The average Bonchev–Trinajstić information content (AvgIpc) is 3.06. The van der Waals surface area contributed by atoms with Crippen LogP contribution in [-0.2, 0) is 14.8 Å². The Kier molecular flexibility index (Phi) is 6.99. The molecule has 3 rings (SSSR count). The smallest absolute Gasteiger partial charge is 0.260 e. The largest absolute Gasteiger partial charge is 0.490 e. The van der Waals surface area contributed by atoms with Crippen LogP contribution in [0.5, 0.6) is 11.5 Å². The van der Waals surface area contributed by atoms with Crippen LogP contribution in [0.25, 0.3) is 0 Å². The van der Waals surface area contributed by atoms with Crippen LogP contribution in [0, 0.1) is 13.8 Å². The third-order valence-electron chi connectivity index (χ3n) is 4.91. The number of likely N-dealkylation sites (tertiary alicyclic amines) is 1. The molecule has 0 bridgehead atoms. The van der Waals surface area contributed by atoms with Gasteiger partial charge in [0, 0.05) is 19.1 Å². The summed E-state index contributed by atoms with van der Waals surface area (Å²) in [5.74, 6) is 1.24. The normalized spacial score (nSPS) is 15.2. The number of hydrogen-bond donors (Lipinski definition) is 1. The van der Waals surface area contributed by atoms with Crippen molar-refractivity contribution in [1.82, 2.24) is 14.8 Å². The minimum absolute atomic E-state index is 0.0855. The number of aromatic nitrogens is 1. The Morgan fingerprint density at radius 2 is 1.83 bits per heavy atom. The molecule has 30 heavy (non-hydrogen) atoms. The molecule has 1 aliphatic heterocycles. The Hall–Kier alpha value is -2.59. The van der Waals surface area contributed by atoms with Crippen molar-refractivity contribution in [2.75, 3.05) is 26.3 Å². The molecule has 0 unspecified atom stereocenters. The second-order valence-electron chi connectivity index (χ2n) is 7.10. The molecule has 1 fully saturated rings. The van der Waals surface area contributed by atoms with Crippen LogP contribution in [0.3, 0.4) is 0 Å². The maximum atomic E-state index is 12.6. The molecule has 0 spiro atoms. The van der Waals surface area contributed by atoms with Crippen molar-refractivity contribution < 1.29 is 27.2 Å². The third kappa shape index (κ3) is 5.11. The molecule has 1 aromatic carbocycles. The highest BCUT2D eigenvalue weighted by Gasteiger charge is 2.30. The van der Waals surface area contributed by atoms with Crippen molar-refractivity contribution in [3.05, 3.63) is 35.7 Å². The van der Waals surface area contributed by atoms with Gasteiger partial charge >= 0.3 is 0 Å². The first-order valence-electron chi connectivity index (χ1n) is 9.89. The predicted molar refractivity (Wildman–Crippen MR) is 109 cm³/mol. The van der Waals surface area contributed by atoms with E-state index in [1.165, 1.54) is 0 Å². The monoisotopic (exact) mass is 437 g/mol. The molecule has 0 radical (unpaired) electrons. The SMILES string of the molecule is CCOc1ccccc1OCC(=O)N1CCC(NS(=O)(=O)c2c(C)noc2C)CC1. The highest BCUT2D eigenvalue weighted by molar-refractivity contribution is 7.89. The van der Waals surface area contributed by atoms with Crippen molar-refractivity contribution in [2.24, 2.45) is 0 Å². The molecule has 9 nitrogen and oxygen atoms in total. The summed E-state index contributed by atoms with van der Waals surface area (Å²) in [6.07, 6.45) is 1.04. The Bertz CT molecular complexity index is 961. The lowest BCUT2D eigenvalue weighted by molar-refractivity contribution is -0.134. The molecule has 0 atom stereocenters. The molecule has 0 saturated carbocycles. The van der Waals surface area contributed by atoms with Gasteiger partial charge in [0.05, 0.1) is 6.61 Å². The molecule has 2 aromatic rings. The summed E-state index contributed by atoms with van der Waals surface area (Å²) in [7, 11) is -3.72. The lowest BCUT2D eigenvalue weighted by Gasteiger charge is -2.32. The van der Waals surface area contributed by atoms with Crippen LogP contribution >= 0.6 is 0 Å². The second-order valence-corrected chi connectivity index (χ2v) is 8.75. The van der Waals surface area contributed by atoms with Gasteiger partial charge in [-0.3, -0.25) is 4.79 Å². The summed E-state index contributed by atoms with van der Waals surface area (Å²) >= 11 is 0. The molecule has 0 aliphatic carbocycles. The first-order valence-corrected chi connectivity index (χ1v) is 11.4. The zero-order valence-electron chi connectivity index (χ0n) is 17.4. The summed E-state index contributed by atoms with van der Waals surface area (Å²) < 4.78 is 44.1. The number of carbonyl (C=O) groups is 1. The number of nitrogens with one attached hydrogen (secondary N) is 1. The van der Waals surface area contributed by atoms with E-state index in [0.29, 0.717) is 49.7 Å². The van der Waals surface area contributed by atoms with Crippen molar-refractivity contribution in [3.8, 4) is 11.5 Å². The van der Waals surface area contributed by atoms with Crippen LogP contribution in [0.15, 0.2) is 33.7 Å². The summed E-state index contributed by atoms with van der Waals surface area (Å²) in [5.41, 5.74) is 0.331. The van der Waals surface area contributed by atoms with Crippen LogP contribution in [0.4, 0.5) is 0 Å². The molecular weight excluding hydrogens is 410 g/mol. The van der Waals surface area contributed by atoms with Gasteiger partial charge in [-0.1, -0.05) is 17.3 Å². The van der Waals surface area contributed by atoms with Crippen molar-refractivity contribution in [1.29, 1.82) is 0 Å². The van der Waals surface area contributed by atoms with Gasteiger partial charge in [-0.25, -0.2) is 13.1 Å². The highest BCUT2D eigenvalue weighted by atomic mass is 32.2. The van der Waals surface area contributed by atoms with Crippen LogP contribution in [-0.4, -0.2) is 56.7 Å². The van der Waals surface area contributed by atoms with Gasteiger partial charge in [-0.05, 0) is 45.7 Å². The second kappa shape index (κ2) is 9.48. The molecule has 1 N–H and O–H groups in total. The number of rotatable bonds is 8. The molecule has 1 aromatic heterocycles. The van der Waals surface area contributed by atoms with Crippen molar-refractivity contribution in [3.63, 3.8) is 0 Å². The van der Waals surface area contributed by atoms with Crippen LogP contribution < -0.4 is 14.2 Å². The number of carbonyl (C=O) groups excluding carboxylic acids is 1. The quantitative estimate of drug-likeness (QED) is 0.673. The van der Waals surface area contributed by atoms with Crippen molar-refractivity contribution in [2.45, 2.75) is 44.6 Å². The molecular formula is C20H27N3O6S. The Morgan fingerprint density at radius 1 is 1.20 bits per heavy atom. The fraction of sp³-hybridized carbons (Fsp3) is 0.500. The lowest BCUT2D eigenvalue weighted by Crippen LogP contribution is -2.47. The summed E-state index contributed by atoms with van der Waals surface area (Å²) in [6.45, 7) is 6.35. The Labute approximate surface area is 176 Å². The van der Waals surface area contributed by atoms with E-state index < -0.39 is 10.0 Å². The summed E-state index contributed by atoms with van der Waals surface area (Å²) in [4.78, 5) is 14.3. The van der Waals surface area contributed by atoms with Crippen LogP contribution in [0.2, 0.25) is 0 Å². The number of amides is 1. The standard InChI is InChI=1S/C20H27N3O6S/c1-4-27-17-7-5-6-8-18(17)28-13-19(24)23-11-9-16(10-12-23)22-30(25,26)20-14(2)21-29-15(20)3/h5-8,16,22H,4,9-13H2,1-3H3. The van der Waals surface area contributed by atoms with E-state index in [9.17, 15) is 13.2 Å². The summed E-state index contributed by atoms with van der Waals surface area (Å²) in [6, 6.07) is 6.95. The van der Waals surface area contributed by atoms with Gasteiger partial charge < -0.3 is 18.9 Å². The van der Waals surface area contributed by atoms with E-state index in [4.69, 9.17) is 14.0 Å². The van der Waals surface area contributed by atoms with Crippen LogP contribution in [0.1, 0.15) is 31.2 Å². The number of aryl methyl sites for hydroxylation is 2. The van der Waals surface area contributed by atoms with E-state index in [-0.39, 0.29) is 29.2 Å². The molecule has 1 aliphatic rings.